The monoisotopic (exact) mass is 288 g/mol. The second-order valence-corrected chi connectivity index (χ2v) is 4.46. The lowest BCUT2D eigenvalue weighted by Gasteiger charge is -1.98. The summed E-state index contributed by atoms with van der Waals surface area (Å²) in [5, 5.41) is 2.32. The van der Waals surface area contributed by atoms with Crippen LogP contribution in [0.25, 0.3) is 5.57 Å². The number of nitrogens with two attached hydrogens (primary N) is 1. The number of allylic oxidation sites excluding steroid dienone is 5. The zero-order chi connectivity index (χ0) is 11.4. The summed E-state index contributed by atoms with van der Waals surface area (Å²) in [7, 11) is 0. The molecule has 0 aliphatic rings. The third-order valence-electron chi connectivity index (χ3n) is 1.67. The number of thiazole rings is 1. The lowest BCUT2D eigenvalue weighted by Crippen LogP contribution is -1.85. The van der Waals surface area contributed by atoms with Crippen molar-refractivity contribution in [3.05, 3.63) is 40.1 Å². The molecule has 0 spiro atoms. The van der Waals surface area contributed by atoms with Crippen LogP contribution in [0.4, 0.5) is 9.52 Å². The van der Waals surface area contributed by atoms with Gasteiger partial charge < -0.3 is 5.73 Å². The van der Waals surface area contributed by atoms with Crippen LogP contribution in [0.5, 0.6) is 0 Å². The fourth-order valence-electron chi connectivity index (χ4n) is 0.940. The molecule has 0 bridgehead atoms. The summed E-state index contributed by atoms with van der Waals surface area (Å²) in [5.41, 5.74) is 7.05. The highest BCUT2D eigenvalue weighted by Crippen LogP contribution is 2.25. The Bertz CT molecular complexity index is 434. The van der Waals surface area contributed by atoms with Gasteiger partial charge in [-0.15, -0.1) is 11.3 Å². The lowest BCUT2D eigenvalue weighted by atomic mass is 10.2. The topological polar surface area (TPSA) is 38.9 Å². The maximum absolute atomic E-state index is 12.7. The fourth-order valence-corrected chi connectivity index (χ4v) is 1.76. The Kier molecular flexibility index (Phi) is 4.23. The Morgan fingerprint density at radius 2 is 2.40 bits per heavy atom. The molecule has 1 aromatic rings. The van der Waals surface area contributed by atoms with E-state index in [0.717, 1.165) is 11.3 Å². The van der Waals surface area contributed by atoms with Crippen LogP contribution in [0.15, 0.2) is 34.4 Å². The van der Waals surface area contributed by atoms with Crippen molar-refractivity contribution in [2.45, 2.75) is 6.92 Å². The molecule has 0 amide bonds. The van der Waals surface area contributed by atoms with Crippen molar-refractivity contribution in [1.29, 1.82) is 0 Å². The summed E-state index contributed by atoms with van der Waals surface area (Å²) in [6.45, 7) is 5.04. The number of aromatic nitrogens is 1. The largest absolute Gasteiger partial charge is 0.375 e. The zero-order valence-electron chi connectivity index (χ0n) is 8.13. The second-order valence-electron chi connectivity index (χ2n) is 2.71. The molecular formula is C10H10BrFN2S. The number of rotatable bonds is 3. The van der Waals surface area contributed by atoms with Crippen molar-refractivity contribution in [3.8, 4) is 0 Å². The molecule has 1 heterocycles. The summed E-state index contributed by atoms with van der Waals surface area (Å²) in [5.74, 6) is -0.516. The highest BCUT2D eigenvalue weighted by molar-refractivity contribution is 9.12. The molecule has 2 N–H and O–H groups in total. The molecule has 0 atom stereocenters. The first-order valence-electron chi connectivity index (χ1n) is 4.14. The van der Waals surface area contributed by atoms with Gasteiger partial charge in [-0.1, -0.05) is 12.7 Å². The maximum Gasteiger partial charge on any atom is 0.180 e. The van der Waals surface area contributed by atoms with Crippen LogP contribution in [-0.4, -0.2) is 4.98 Å². The summed E-state index contributed by atoms with van der Waals surface area (Å²) < 4.78 is 13.0. The van der Waals surface area contributed by atoms with Crippen LogP contribution in [0, 0.1) is 0 Å². The van der Waals surface area contributed by atoms with E-state index in [1.165, 1.54) is 11.3 Å². The quantitative estimate of drug-likeness (QED) is 0.857. The van der Waals surface area contributed by atoms with Crippen LogP contribution in [0.2, 0.25) is 0 Å². The van der Waals surface area contributed by atoms with E-state index in [0.29, 0.717) is 9.61 Å². The molecule has 1 aromatic heterocycles. The van der Waals surface area contributed by atoms with Gasteiger partial charge in [-0.2, -0.15) is 0 Å². The molecule has 15 heavy (non-hydrogen) atoms. The molecule has 0 unspecified atom stereocenters. The van der Waals surface area contributed by atoms with Gasteiger partial charge in [0.1, 0.15) is 5.83 Å². The Morgan fingerprint density at radius 1 is 1.73 bits per heavy atom. The van der Waals surface area contributed by atoms with Gasteiger partial charge in [0.25, 0.3) is 0 Å². The summed E-state index contributed by atoms with van der Waals surface area (Å²) in [6.07, 6.45) is 3.45. The maximum atomic E-state index is 12.7. The minimum absolute atomic E-state index is 0.308. The van der Waals surface area contributed by atoms with Crippen LogP contribution in [0.1, 0.15) is 12.6 Å². The predicted octanol–water partition coefficient (Wildman–Crippen LogP) is 3.89. The van der Waals surface area contributed by atoms with Crippen LogP contribution in [0.3, 0.4) is 0 Å². The smallest absolute Gasteiger partial charge is 0.180 e. The molecule has 80 valence electrons. The number of hydrogen-bond acceptors (Lipinski definition) is 3. The van der Waals surface area contributed by atoms with E-state index in [9.17, 15) is 4.39 Å². The van der Waals surface area contributed by atoms with E-state index in [2.05, 4.69) is 27.5 Å². The van der Waals surface area contributed by atoms with Gasteiger partial charge in [0, 0.05) is 5.38 Å². The first kappa shape index (κ1) is 12.1. The molecule has 5 heteroatoms. The van der Waals surface area contributed by atoms with E-state index < -0.39 is 5.83 Å². The number of nitrogens with zero attached hydrogens (tertiary/aromatic N) is 1. The average molecular weight is 289 g/mol. The Morgan fingerprint density at radius 3 is 2.80 bits per heavy atom. The molecule has 0 saturated heterocycles. The summed E-state index contributed by atoms with van der Waals surface area (Å²) >= 11 is 4.43. The van der Waals surface area contributed by atoms with Gasteiger partial charge in [0.15, 0.2) is 5.13 Å². The minimum atomic E-state index is -0.516. The van der Waals surface area contributed by atoms with Gasteiger partial charge >= 0.3 is 0 Å². The number of nitrogen functional groups attached to an aromatic ring is 1. The van der Waals surface area contributed by atoms with E-state index in [4.69, 9.17) is 5.73 Å². The molecule has 1 rings (SSSR count). The Hall–Kier alpha value is -0.940. The minimum Gasteiger partial charge on any atom is -0.375 e. The molecule has 0 saturated carbocycles. The SMILES string of the molecule is C=C(F)/C(Br)=C\C(=C/C)c1csc(N)n1. The van der Waals surface area contributed by atoms with Gasteiger partial charge in [-0.3, -0.25) is 0 Å². The predicted molar refractivity (Wildman–Crippen MR) is 67.4 cm³/mol. The number of anilines is 1. The first-order valence-corrected chi connectivity index (χ1v) is 5.81. The molecule has 0 aliphatic heterocycles. The highest BCUT2D eigenvalue weighted by Gasteiger charge is 2.05. The van der Waals surface area contributed by atoms with E-state index in [-0.39, 0.29) is 0 Å². The number of halogens is 2. The number of hydrogen-bond donors (Lipinski definition) is 1. The molecule has 2 nitrogen and oxygen atoms in total. The van der Waals surface area contributed by atoms with Crippen molar-refractivity contribution >= 4 is 38.0 Å². The second kappa shape index (κ2) is 5.23. The van der Waals surface area contributed by atoms with Gasteiger partial charge in [0.2, 0.25) is 0 Å². The fraction of sp³-hybridized carbons (Fsp3) is 0.100. The highest BCUT2D eigenvalue weighted by atomic mass is 79.9. The van der Waals surface area contributed by atoms with E-state index in [1.54, 1.807) is 6.08 Å². The first-order chi connectivity index (χ1) is 7.04. The van der Waals surface area contributed by atoms with Crippen molar-refractivity contribution in [3.63, 3.8) is 0 Å². The van der Waals surface area contributed by atoms with Crippen LogP contribution < -0.4 is 5.73 Å². The van der Waals surface area contributed by atoms with Crippen molar-refractivity contribution in [2.24, 2.45) is 0 Å². The average Bonchev–Trinajstić information content (AvgIpc) is 2.60. The Balaban J connectivity index is 3.02. The van der Waals surface area contributed by atoms with Gasteiger partial charge in [0.05, 0.1) is 10.2 Å². The molecule has 0 fully saturated rings. The lowest BCUT2D eigenvalue weighted by molar-refractivity contribution is 0.668. The van der Waals surface area contributed by atoms with E-state index >= 15 is 0 Å². The van der Waals surface area contributed by atoms with Crippen molar-refractivity contribution in [2.75, 3.05) is 5.73 Å². The molecule has 0 aromatic carbocycles. The molecular weight excluding hydrogens is 279 g/mol. The van der Waals surface area contributed by atoms with Gasteiger partial charge in [-0.05, 0) is 34.5 Å². The normalized spacial score (nSPS) is 13.0. The van der Waals surface area contributed by atoms with Crippen LogP contribution in [-0.2, 0) is 0 Å². The summed E-state index contributed by atoms with van der Waals surface area (Å²) in [6, 6.07) is 0. The Labute approximate surface area is 100 Å². The molecule has 0 radical (unpaired) electrons. The van der Waals surface area contributed by atoms with Crippen molar-refractivity contribution < 1.29 is 4.39 Å². The van der Waals surface area contributed by atoms with Crippen molar-refractivity contribution in [1.82, 2.24) is 4.98 Å². The zero-order valence-corrected chi connectivity index (χ0v) is 10.5. The van der Waals surface area contributed by atoms with Gasteiger partial charge in [-0.25, -0.2) is 9.37 Å². The molecule has 0 aliphatic carbocycles. The third kappa shape index (κ3) is 3.28. The van der Waals surface area contributed by atoms with Crippen LogP contribution >= 0.6 is 27.3 Å². The van der Waals surface area contributed by atoms with E-state index in [1.807, 2.05) is 18.4 Å². The standard InChI is InChI=1S/C10H10BrFN2S/c1-3-7(4-8(11)6(2)12)9-5-15-10(13)14-9/h3-5H,2H2,1H3,(H2,13,14)/b7-3+,8-4+. The third-order valence-corrected chi connectivity index (χ3v) is 3.00. The summed E-state index contributed by atoms with van der Waals surface area (Å²) in [4.78, 5) is 4.10.